The Kier molecular flexibility index (Phi) is 4.71. The molecule has 11 heteroatoms. The Morgan fingerprint density at radius 2 is 1.33 bits per heavy atom. The Hall–Kier alpha value is -3.80. The van der Waals surface area contributed by atoms with E-state index in [2.05, 4.69) is 9.97 Å². The number of para-hydroxylation sites is 2. The molecular weight excluding hydrogens is 462 g/mol. The van der Waals surface area contributed by atoms with E-state index in [1.165, 1.54) is 34.9 Å². The highest BCUT2D eigenvalue weighted by atomic mass is 32.2. The van der Waals surface area contributed by atoms with E-state index in [4.69, 9.17) is 10.9 Å². The van der Waals surface area contributed by atoms with E-state index in [0.717, 1.165) is 0 Å². The quantitative estimate of drug-likeness (QED) is 0.402. The Morgan fingerprint density at radius 1 is 0.727 bits per heavy atom. The van der Waals surface area contributed by atoms with E-state index in [9.17, 15) is 16.8 Å². The van der Waals surface area contributed by atoms with Crippen LogP contribution in [0.15, 0.2) is 93.5 Å². The van der Waals surface area contributed by atoms with Gasteiger partial charge in [-0.05, 0) is 42.5 Å². The number of primary sulfonamides is 1. The van der Waals surface area contributed by atoms with Gasteiger partial charge in [0, 0.05) is 0 Å². The topological polar surface area (TPSA) is 151 Å². The number of sulfone groups is 1. The van der Waals surface area contributed by atoms with Crippen molar-refractivity contribution in [2.75, 3.05) is 5.73 Å². The van der Waals surface area contributed by atoms with Crippen molar-refractivity contribution >= 4 is 47.9 Å². The Bertz CT molecular complexity index is 1760. The van der Waals surface area contributed by atoms with Gasteiger partial charge in [-0.3, -0.25) is 4.57 Å². The maximum atomic E-state index is 13.6. The molecule has 0 amide bonds. The zero-order chi connectivity index (χ0) is 23.4. The third-order valence-corrected chi connectivity index (χ3v) is 7.92. The molecule has 0 atom stereocenters. The zero-order valence-electron chi connectivity index (χ0n) is 17.0. The Balaban J connectivity index is 1.92. The number of benzene rings is 3. The maximum Gasteiger partial charge on any atom is 0.238 e. The van der Waals surface area contributed by atoms with Gasteiger partial charge in [-0.2, -0.15) is 0 Å². The molecule has 5 rings (SSSR count). The van der Waals surface area contributed by atoms with Crippen LogP contribution >= 0.6 is 0 Å². The third-order valence-electron chi connectivity index (χ3n) is 5.18. The van der Waals surface area contributed by atoms with Gasteiger partial charge in [0.15, 0.2) is 5.65 Å². The van der Waals surface area contributed by atoms with Crippen molar-refractivity contribution in [3.8, 4) is 5.69 Å². The van der Waals surface area contributed by atoms with Crippen molar-refractivity contribution < 1.29 is 16.8 Å². The summed E-state index contributed by atoms with van der Waals surface area (Å²) in [5, 5.41) is 5.29. The standard InChI is InChI=1S/C22H17N5O4S2/c23-21-20(32(28,29)15-8-2-1-3-9-15)19-22(26-18-12-5-4-11-17(18)25-19)27(21)14-7-6-10-16(13-14)33(24,30)31/h1-13H,23H2,(H2,24,30,31). The highest BCUT2D eigenvalue weighted by Crippen LogP contribution is 2.37. The predicted molar refractivity (Wildman–Crippen MR) is 124 cm³/mol. The molecule has 0 spiro atoms. The summed E-state index contributed by atoms with van der Waals surface area (Å²) in [5.41, 5.74) is 7.96. The van der Waals surface area contributed by atoms with E-state index < -0.39 is 19.9 Å². The number of nitrogen functional groups attached to an aromatic ring is 1. The largest absolute Gasteiger partial charge is 0.384 e. The zero-order valence-corrected chi connectivity index (χ0v) is 18.6. The van der Waals surface area contributed by atoms with Gasteiger partial charge in [0.2, 0.25) is 19.9 Å². The SMILES string of the molecule is Nc1c(S(=O)(=O)c2ccccc2)c2nc3ccccc3nc2n1-c1cccc(S(N)(=O)=O)c1. The molecule has 0 bridgehead atoms. The summed E-state index contributed by atoms with van der Waals surface area (Å²) in [6, 6.07) is 20.6. The minimum Gasteiger partial charge on any atom is -0.384 e. The molecule has 0 fully saturated rings. The molecule has 0 saturated carbocycles. The lowest BCUT2D eigenvalue weighted by molar-refractivity contribution is 0.595. The van der Waals surface area contributed by atoms with Gasteiger partial charge in [0.05, 0.1) is 26.5 Å². The molecular formula is C22H17N5O4S2. The molecule has 0 aliphatic carbocycles. The fourth-order valence-electron chi connectivity index (χ4n) is 3.68. The van der Waals surface area contributed by atoms with Crippen LogP contribution in [-0.2, 0) is 19.9 Å². The van der Waals surface area contributed by atoms with Gasteiger partial charge in [0.1, 0.15) is 16.2 Å². The predicted octanol–water partition coefficient (Wildman–Crippen LogP) is 2.64. The molecule has 5 aromatic rings. The van der Waals surface area contributed by atoms with Crippen molar-refractivity contribution in [1.29, 1.82) is 0 Å². The van der Waals surface area contributed by atoms with E-state index in [0.29, 0.717) is 11.0 Å². The van der Waals surface area contributed by atoms with Gasteiger partial charge in [-0.15, -0.1) is 0 Å². The summed E-state index contributed by atoms with van der Waals surface area (Å²) in [4.78, 5) is 8.86. The first kappa shape index (κ1) is 21.1. The van der Waals surface area contributed by atoms with Crippen LogP contribution in [0.25, 0.3) is 27.9 Å². The minimum atomic E-state index is -4.08. The smallest absolute Gasteiger partial charge is 0.238 e. The number of aromatic nitrogens is 3. The van der Waals surface area contributed by atoms with Crippen molar-refractivity contribution in [2.45, 2.75) is 14.7 Å². The molecule has 166 valence electrons. The highest BCUT2D eigenvalue weighted by molar-refractivity contribution is 7.92. The second kappa shape index (κ2) is 7.37. The lowest BCUT2D eigenvalue weighted by Crippen LogP contribution is -2.13. The average molecular weight is 480 g/mol. The first-order valence-electron chi connectivity index (χ1n) is 9.68. The maximum absolute atomic E-state index is 13.6. The number of sulfonamides is 1. The number of nitrogens with zero attached hydrogens (tertiary/aromatic N) is 3. The summed E-state index contributed by atoms with van der Waals surface area (Å²) in [6.45, 7) is 0. The second-order valence-electron chi connectivity index (χ2n) is 7.29. The van der Waals surface area contributed by atoms with Gasteiger partial charge in [-0.1, -0.05) is 36.4 Å². The van der Waals surface area contributed by atoms with Crippen LogP contribution < -0.4 is 10.9 Å². The molecule has 2 heterocycles. The van der Waals surface area contributed by atoms with Crippen LogP contribution in [0.3, 0.4) is 0 Å². The lowest BCUT2D eigenvalue weighted by atomic mass is 10.3. The molecule has 0 radical (unpaired) electrons. The summed E-state index contributed by atoms with van der Waals surface area (Å²) in [7, 11) is -8.09. The molecule has 9 nitrogen and oxygen atoms in total. The monoisotopic (exact) mass is 479 g/mol. The second-order valence-corrected chi connectivity index (χ2v) is 10.7. The van der Waals surface area contributed by atoms with E-state index in [-0.39, 0.29) is 37.4 Å². The first-order valence-corrected chi connectivity index (χ1v) is 12.7. The van der Waals surface area contributed by atoms with Crippen LogP contribution in [0, 0.1) is 0 Å². The van der Waals surface area contributed by atoms with Crippen LogP contribution in [0.5, 0.6) is 0 Å². The number of hydrogen-bond acceptors (Lipinski definition) is 7. The lowest BCUT2D eigenvalue weighted by Gasteiger charge is -2.09. The Morgan fingerprint density at radius 3 is 2.00 bits per heavy atom. The Labute approximate surface area is 189 Å². The average Bonchev–Trinajstić information content (AvgIpc) is 3.08. The highest BCUT2D eigenvalue weighted by Gasteiger charge is 2.30. The molecule has 0 aliphatic rings. The molecule has 2 aromatic heterocycles. The molecule has 33 heavy (non-hydrogen) atoms. The number of nitrogens with two attached hydrogens (primary N) is 2. The van der Waals surface area contributed by atoms with Crippen molar-refractivity contribution in [3.05, 3.63) is 78.9 Å². The van der Waals surface area contributed by atoms with Gasteiger partial charge < -0.3 is 5.73 Å². The van der Waals surface area contributed by atoms with Crippen molar-refractivity contribution in [3.63, 3.8) is 0 Å². The number of rotatable bonds is 4. The first-order chi connectivity index (χ1) is 15.7. The van der Waals surface area contributed by atoms with Crippen LogP contribution in [-0.4, -0.2) is 31.4 Å². The van der Waals surface area contributed by atoms with Crippen LogP contribution in [0.2, 0.25) is 0 Å². The molecule has 3 aromatic carbocycles. The normalized spacial score (nSPS) is 12.4. The summed E-state index contributed by atoms with van der Waals surface area (Å²) in [6.07, 6.45) is 0. The van der Waals surface area contributed by atoms with E-state index in [1.54, 1.807) is 48.5 Å². The van der Waals surface area contributed by atoms with E-state index in [1.807, 2.05) is 0 Å². The fraction of sp³-hybridized carbons (Fsp3) is 0. The molecule has 0 aliphatic heterocycles. The number of hydrogen-bond donors (Lipinski definition) is 2. The summed E-state index contributed by atoms with van der Waals surface area (Å²) >= 11 is 0. The van der Waals surface area contributed by atoms with Gasteiger partial charge in [0.25, 0.3) is 0 Å². The number of fused-ring (bicyclic) bond motifs is 2. The van der Waals surface area contributed by atoms with Crippen LogP contribution in [0.1, 0.15) is 0 Å². The minimum absolute atomic E-state index is 0.0454. The summed E-state index contributed by atoms with van der Waals surface area (Å²) < 4.78 is 52.4. The van der Waals surface area contributed by atoms with Crippen molar-refractivity contribution in [2.24, 2.45) is 5.14 Å². The van der Waals surface area contributed by atoms with Crippen molar-refractivity contribution in [1.82, 2.24) is 14.5 Å². The van der Waals surface area contributed by atoms with Crippen LogP contribution in [0.4, 0.5) is 5.82 Å². The number of anilines is 1. The fourth-order valence-corrected chi connectivity index (χ4v) is 5.74. The van der Waals surface area contributed by atoms with E-state index >= 15 is 0 Å². The molecule has 0 saturated heterocycles. The third kappa shape index (κ3) is 3.42. The van der Waals surface area contributed by atoms with Gasteiger partial charge >= 0.3 is 0 Å². The molecule has 4 N–H and O–H groups in total. The van der Waals surface area contributed by atoms with Gasteiger partial charge in [-0.25, -0.2) is 31.9 Å². The summed E-state index contributed by atoms with van der Waals surface area (Å²) in [5.74, 6) is -0.143. The molecule has 0 unspecified atom stereocenters.